The molecule has 1 heterocycles. The van der Waals surface area contributed by atoms with Crippen molar-refractivity contribution in [2.45, 2.75) is 33.4 Å². The van der Waals surface area contributed by atoms with E-state index in [2.05, 4.69) is 36.0 Å². The van der Waals surface area contributed by atoms with Gasteiger partial charge in [-0.1, -0.05) is 37.3 Å². The average Bonchev–Trinajstić information content (AvgIpc) is 2.64. The van der Waals surface area contributed by atoms with Gasteiger partial charge in [-0.05, 0) is 32.0 Å². The number of pyridine rings is 1. The van der Waals surface area contributed by atoms with Gasteiger partial charge in [-0.3, -0.25) is 9.69 Å². The zero-order valence-electron chi connectivity index (χ0n) is 15.2. The fourth-order valence-electron chi connectivity index (χ4n) is 2.56. The van der Waals surface area contributed by atoms with E-state index in [0.717, 1.165) is 18.7 Å². The van der Waals surface area contributed by atoms with E-state index in [1.54, 1.807) is 18.3 Å². The Labute approximate surface area is 150 Å². The van der Waals surface area contributed by atoms with E-state index < -0.39 is 0 Å². The Bertz CT molecular complexity index is 659. The summed E-state index contributed by atoms with van der Waals surface area (Å²) in [6.07, 6.45) is 1.60. The van der Waals surface area contributed by atoms with E-state index in [4.69, 9.17) is 4.74 Å². The van der Waals surface area contributed by atoms with Gasteiger partial charge in [0.25, 0.3) is 5.91 Å². The molecular weight excluding hydrogens is 314 g/mol. The van der Waals surface area contributed by atoms with Gasteiger partial charge in [-0.2, -0.15) is 0 Å². The smallest absolute Gasteiger partial charge is 0.251 e. The van der Waals surface area contributed by atoms with Crippen molar-refractivity contribution < 1.29 is 9.53 Å². The highest BCUT2D eigenvalue weighted by molar-refractivity contribution is 5.94. The van der Waals surface area contributed by atoms with Gasteiger partial charge in [0.1, 0.15) is 6.61 Å². The molecule has 0 aliphatic heterocycles. The van der Waals surface area contributed by atoms with Crippen LogP contribution in [-0.2, 0) is 6.61 Å². The minimum absolute atomic E-state index is 0.105. The number of amides is 1. The molecule has 0 aliphatic rings. The van der Waals surface area contributed by atoms with E-state index >= 15 is 0 Å². The van der Waals surface area contributed by atoms with Crippen LogP contribution in [0.4, 0.5) is 0 Å². The normalized spacial score (nSPS) is 10.9. The van der Waals surface area contributed by atoms with E-state index in [0.29, 0.717) is 30.6 Å². The van der Waals surface area contributed by atoms with Crippen molar-refractivity contribution in [1.82, 2.24) is 15.2 Å². The molecule has 1 aromatic heterocycles. The maximum atomic E-state index is 12.3. The van der Waals surface area contributed by atoms with Crippen LogP contribution in [0.3, 0.4) is 0 Å². The second kappa shape index (κ2) is 9.79. The molecule has 5 heteroatoms. The quantitative estimate of drug-likeness (QED) is 0.761. The van der Waals surface area contributed by atoms with Crippen LogP contribution in [-0.4, -0.2) is 41.5 Å². The van der Waals surface area contributed by atoms with E-state index in [9.17, 15) is 4.79 Å². The number of benzene rings is 1. The standard InChI is InChI=1S/C20H27N3O2/c1-4-23(16(2)3)13-12-22-20(24)18-10-11-21-19(14-18)25-15-17-8-6-5-7-9-17/h5-11,14,16H,4,12-13,15H2,1-3H3,(H,22,24). The molecule has 1 N–H and O–H groups in total. The Morgan fingerprint density at radius 3 is 2.68 bits per heavy atom. The third kappa shape index (κ3) is 6.19. The third-order valence-corrected chi connectivity index (χ3v) is 4.05. The number of carbonyl (C=O) groups excluding carboxylic acids is 1. The molecule has 2 aromatic rings. The molecular formula is C20H27N3O2. The number of nitrogens with zero attached hydrogens (tertiary/aromatic N) is 2. The van der Waals surface area contributed by atoms with Crippen molar-refractivity contribution >= 4 is 5.91 Å². The summed E-state index contributed by atoms with van der Waals surface area (Å²) in [4.78, 5) is 18.8. The van der Waals surface area contributed by atoms with Crippen LogP contribution >= 0.6 is 0 Å². The lowest BCUT2D eigenvalue weighted by Gasteiger charge is -2.24. The lowest BCUT2D eigenvalue weighted by atomic mass is 10.2. The Balaban J connectivity index is 1.86. The topological polar surface area (TPSA) is 54.5 Å². The molecule has 0 saturated heterocycles. The summed E-state index contributed by atoms with van der Waals surface area (Å²) in [6, 6.07) is 13.7. The Hall–Kier alpha value is -2.40. The summed E-state index contributed by atoms with van der Waals surface area (Å²) in [7, 11) is 0. The number of likely N-dealkylation sites (N-methyl/N-ethyl adjacent to an activating group) is 1. The number of carbonyl (C=O) groups is 1. The molecule has 2 rings (SSSR count). The number of aromatic nitrogens is 1. The van der Waals surface area contributed by atoms with Gasteiger partial charge >= 0.3 is 0 Å². The SMILES string of the molecule is CCN(CCNC(=O)c1ccnc(OCc2ccccc2)c1)C(C)C. The van der Waals surface area contributed by atoms with E-state index in [-0.39, 0.29) is 5.91 Å². The van der Waals surface area contributed by atoms with Gasteiger partial charge < -0.3 is 10.1 Å². The number of hydrogen-bond acceptors (Lipinski definition) is 4. The first-order chi connectivity index (χ1) is 12.1. The largest absolute Gasteiger partial charge is 0.473 e. The van der Waals surface area contributed by atoms with Crippen LogP contribution in [0.1, 0.15) is 36.7 Å². The van der Waals surface area contributed by atoms with Gasteiger partial charge in [-0.15, -0.1) is 0 Å². The average molecular weight is 341 g/mol. The van der Waals surface area contributed by atoms with Crippen molar-refractivity contribution in [3.05, 3.63) is 59.8 Å². The third-order valence-electron chi connectivity index (χ3n) is 4.05. The summed E-state index contributed by atoms with van der Waals surface area (Å²) in [5.41, 5.74) is 1.62. The summed E-state index contributed by atoms with van der Waals surface area (Å²) in [5, 5.41) is 2.96. The van der Waals surface area contributed by atoms with Gasteiger partial charge in [-0.25, -0.2) is 4.98 Å². The first-order valence-electron chi connectivity index (χ1n) is 8.75. The van der Waals surface area contributed by atoms with Crippen molar-refractivity contribution in [2.75, 3.05) is 19.6 Å². The van der Waals surface area contributed by atoms with Crippen LogP contribution in [0.2, 0.25) is 0 Å². The molecule has 0 unspecified atom stereocenters. The lowest BCUT2D eigenvalue weighted by Crippen LogP contribution is -2.38. The molecule has 1 amide bonds. The van der Waals surface area contributed by atoms with Crippen LogP contribution < -0.4 is 10.1 Å². The summed E-state index contributed by atoms with van der Waals surface area (Å²) < 4.78 is 5.68. The maximum Gasteiger partial charge on any atom is 0.251 e. The highest BCUT2D eigenvalue weighted by Gasteiger charge is 2.10. The molecule has 0 aliphatic carbocycles. The van der Waals surface area contributed by atoms with Gasteiger partial charge in [0.15, 0.2) is 0 Å². The summed E-state index contributed by atoms with van der Waals surface area (Å²) >= 11 is 0. The fraction of sp³-hybridized carbons (Fsp3) is 0.400. The molecule has 0 radical (unpaired) electrons. The first kappa shape index (κ1) is 18.9. The maximum absolute atomic E-state index is 12.3. The molecule has 0 saturated carbocycles. The molecule has 5 nitrogen and oxygen atoms in total. The molecule has 134 valence electrons. The number of ether oxygens (including phenoxy) is 1. The second-order valence-corrected chi connectivity index (χ2v) is 6.14. The van der Waals surface area contributed by atoms with E-state index in [1.807, 2.05) is 30.3 Å². The highest BCUT2D eigenvalue weighted by Crippen LogP contribution is 2.12. The Morgan fingerprint density at radius 2 is 2.00 bits per heavy atom. The fourth-order valence-corrected chi connectivity index (χ4v) is 2.56. The lowest BCUT2D eigenvalue weighted by molar-refractivity contribution is 0.0945. The summed E-state index contributed by atoms with van der Waals surface area (Å²) in [6.45, 7) is 9.30. The van der Waals surface area contributed by atoms with Crippen molar-refractivity contribution in [2.24, 2.45) is 0 Å². The van der Waals surface area contributed by atoms with Crippen molar-refractivity contribution in [3.63, 3.8) is 0 Å². The molecule has 25 heavy (non-hydrogen) atoms. The van der Waals surface area contributed by atoms with Crippen molar-refractivity contribution in [3.8, 4) is 5.88 Å². The van der Waals surface area contributed by atoms with Gasteiger partial charge in [0, 0.05) is 37.0 Å². The minimum Gasteiger partial charge on any atom is -0.473 e. The van der Waals surface area contributed by atoms with Crippen LogP contribution in [0.5, 0.6) is 5.88 Å². The van der Waals surface area contributed by atoms with Crippen LogP contribution in [0.25, 0.3) is 0 Å². The molecule has 0 fully saturated rings. The van der Waals surface area contributed by atoms with E-state index in [1.165, 1.54) is 0 Å². The summed E-state index contributed by atoms with van der Waals surface area (Å²) in [5.74, 6) is 0.348. The number of nitrogens with one attached hydrogen (secondary N) is 1. The molecule has 0 bridgehead atoms. The number of hydrogen-bond donors (Lipinski definition) is 1. The second-order valence-electron chi connectivity index (χ2n) is 6.14. The van der Waals surface area contributed by atoms with Gasteiger partial charge in [0.05, 0.1) is 0 Å². The highest BCUT2D eigenvalue weighted by atomic mass is 16.5. The zero-order chi connectivity index (χ0) is 18.1. The molecule has 0 atom stereocenters. The monoisotopic (exact) mass is 341 g/mol. The predicted octanol–water partition coefficient (Wildman–Crippen LogP) is 3.12. The predicted molar refractivity (Wildman–Crippen MR) is 99.7 cm³/mol. The van der Waals surface area contributed by atoms with Gasteiger partial charge in [0.2, 0.25) is 5.88 Å². The van der Waals surface area contributed by atoms with Crippen molar-refractivity contribution in [1.29, 1.82) is 0 Å². The van der Waals surface area contributed by atoms with Crippen LogP contribution in [0.15, 0.2) is 48.7 Å². The first-order valence-corrected chi connectivity index (χ1v) is 8.75. The minimum atomic E-state index is -0.105. The Morgan fingerprint density at radius 1 is 1.24 bits per heavy atom. The zero-order valence-corrected chi connectivity index (χ0v) is 15.2. The van der Waals surface area contributed by atoms with Crippen LogP contribution in [0, 0.1) is 0 Å². The molecule has 1 aromatic carbocycles. The Kier molecular flexibility index (Phi) is 7.41. The number of rotatable bonds is 9. The molecule has 0 spiro atoms.